The van der Waals surface area contributed by atoms with Crippen LogP contribution >= 0.6 is 0 Å². The molecular weight excluding hydrogens is 354 g/mol. The van der Waals surface area contributed by atoms with Crippen molar-refractivity contribution in [2.45, 2.75) is 57.3 Å². The molecule has 152 valence electrons. The number of benzene rings is 1. The Kier molecular flexibility index (Phi) is 6.24. The van der Waals surface area contributed by atoms with E-state index in [4.69, 9.17) is 9.84 Å². The topological polar surface area (TPSA) is 86.3 Å². The quantitative estimate of drug-likeness (QED) is 0.606. The molecule has 1 saturated heterocycles. The molecule has 1 aromatic heterocycles. The molecule has 0 amide bonds. The maximum Gasteiger partial charge on any atom is 0.242 e. The zero-order chi connectivity index (χ0) is 19.2. The van der Waals surface area contributed by atoms with Gasteiger partial charge in [0.2, 0.25) is 5.95 Å². The van der Waals surface area contributed by atoms with Gasteiger partial charge in [-0.2, -0.15) is 4.98 Å². The highest BCUT2D eigenvalue weighted by Gasteiger charge is 2.42. The lowest BCUT2D eigenvalue weighted by atomic mass is 9.82. The minimum atomic E-state index is -0.274. The molecule has 28 heavy (non-hydrogen) atoms. The third-order valence-electron chi connectivity index (χ3n) is 5.89. The molecule has 0 bridgehead atoms. The van der Waals surface area contributed by atoms with E-state index in [0.717, 1.165) is 38.9 Å². The van der Waals surface area contributed by atoms with Crippen LogP contribution in [0, 0.1) is 0 Å². The van der Waals surface area contributed by atoms with Gasteiger partial charge in [0.1, 0.15) is 12.3 Å². The van der Waals surface area contributed by atoms with Gasteiger partial charge in [-0.3, -0.25) is 10.00 Å². The van der Waals surface area contributed by atoms with Gasteiger partial charge in [-0.05, 0) is 44.1 Å². The Hall–Kier alpha value is -1.96. The van der Waals surface area contributed by atoms with Crippen molar-refractivity contribution in [2.75, 3.05) is 31.6 Å². The largest absolute Gasteiger partial charge is 0.388 e. The van der Waals surface area contributed by atoms with Crippen LogP contribution < -0.4 is 5.32 Å². The first-order chi connectivity index (χ1) is 13.8. The second kappa shape index (κ2) is 9.03. The van der Waals surface area contributed by atoms with Gasteiger partial charge in [0, 0.05) is 25.2 Å². The number of aromatic nitrogens is 3. The molecular formula is C21H31N5O2. The molecule has 1 fully saturated rings. The molecule has 7 nitrogen and oxygen atoms in total. The summed E-state index contributed by atoms with van der Waals surface area (Å²) >= 11 is 0. The van der Waals surface area contributed by atoms with Crippen LogP contribution in [0.25, 0.3) is 0 Å². The van der Waals surface area contributed by atoms with Crippen LogP contribution in [0.4, 0.5) is 5.95 Å². The van der Waals surface area contributed by atoms with Crippen molar-refractivity contribution in [1.82, 2.24) is 20.1 Å². The summed E-state index contributed by atoms with van der Waals surface area (Å²) in [6, 6.07) is 8.83. The first-order valence-electron chi connectivity index (χ1n) is 10.6. The number of nitrogens with one attached hydrogen (secondary N) is 2. The maximum atomic E-state index is 9.05. The highest BCUT2D eigenvalue weighted by Crippen LogP contribution is 2.42. The average Bonchev–Trinajstić information content (AvgIpc) is 3.22. The fourth-order valence-electron chi connectivity index (χ4n) is 4.56. The van der Waals surface area contributed by atoms with Gasteiger partial charge >= 0.3 is 0 Å². The average molecular weight is 386 g/mol. The van der Waals surface area contributed by atoms with Gasteiger partial charge in [-0.15, -0.1) is 5.10 Å². The molecule has 3 N–H and O–H groups in total. The van der Waals surface area contributed by atoms with Gasteiger partial charge in [0.25, 0.3) is 0 Å². The van der Waals surface area contributed by atoms with Gasteiger partial charge in [-0.25, -0.2) is 0 Å². The summed E-state index contributed by atoms with van der Waals surface area (Å²) in [4.78, 5) is 6.74. The Morgan fingerprint density at radius 2 is 2.04 bits per heavy atom. The number of nitrogens with zero attached hydrogens (tertiary/aromatic N) is 3. The summed E-state index contributed by atoms with van der Waals surface area (Å²) in [6.45, 7) is 3.53. The molecule has 1 aromatic carbocycles. The predicted molar refractivity (Wildman–Crippen MR) is 108 cm³/mol. The van der Waals surface area contributed by atoms with E-state index in [2.05, 4.69) is 49.7 Å². The van der Waals surface area contributed by atoms with Gasteiger partial charge in [0.15, 0.2) is 5.82 Å². The number of rotatable bonds is 8. The second-order valence-corrected chi connectivity index (χ2v) is 7.74. The lowest BCUT2D eigenvalue weighted by Crippen LogP contribution is -2.52. The minimum Gasteiger partial charge on any atom is -0.388 e. The third kappa shape index (κ3) is 4.06. The van der Waals surface area contributed by atoms with E-state index in [0.29, 0.717) is 18.4 Å². The number of fused-ring (bicyclic) bond motifs is 1. The van der Waals surface area contributed by atoms with Gasteiger partial charge in [0.05, 0.1) is 6.61 Å². The molecule has 2 aromatic rings. The number of ether oxygens (including phenoxy) is 1. The Labute approximate surface area is 166 Å². The van der Waals surface area contributed by atoms with Crippen LogP contribution in [0.1, 0.15) is 55.5 Å². The molecule has 0 spiro atoms. The van der Waals surface area contributed by atoms with Gasteiger partial charge in [-0.1, -0.05) is 30.7 Å². The highest BCUT2D eigenvalue weighted by atomic mass is 16.5. The summed E-state index contributed by atoms with van der Waals surface area (Å²) in [7, 11) is 0. The number of aromatic amines is 1. The van der Waals surface area contributed by atoms with Crippen molar-refractivity contribution >= 4 is 5.95 Å². The normalized spacial score (nSPS) is 22.8. The lowest BCUT2D eigenvalue weighted by molar-refractivity contribution is -0.180. The summed E-state index contributed by atoms with van der Waals surface area (Å²) in [5, 5.41) is 19.0. The van der Waals surface area contributed by atoms with E-state index in [1.165, 1.54) is 36.8 Å². The number of aryl methyl sites for hydroxylation is 1. The molecule has 2 heterocycles. The number of H-pyrrole nitrogens is 1. The van der Waals surface area contributed by atoms with Crippen molar-refractivity contribution in [3.8, 4) is 0 Å². The molecule has 0 saturated carbocycles. The summed E-state index contributed by atoms with van der Waals surface area (Å²) in [5.41, 5.74) is 2.54. The standard InChI is InChI=1S/C21H31N5O2/c27-16-19-23-20(25-24-19)22-12-7-15-28-21(26-13-4-1-5-14-26)11-6-9-17-8-2-3-10-18(17)21/h2-3,8,10,27H,1,4-7,9,11-16H2,(H2,22,23,24,25). The fraction of sp³-hybridized carbons (Fsp3) is 0.619. The summed E-state index contributed by atoms with van der Waals surface area (Å²) in [5.74, 6) is 0.999. The monoisotopic (exact) mass is 385 g/mol. The maximum absolute atomic E-state index is 9.05. The summed E-state index contributed by atoms with van der Waals surface area (Å²) in [6.07, 6.45) is 8.10. The van der Waals surface area contributed by atoms with Crippen LogP contribution in [0.3, 0.4) is 0 Å². The van der Waals surface area contributed by atoms with Crippen LogP contribution in [0.2, 0.25) is 0 Å². The van der Waals surface area contributed by atoms with Crippen molar-refractivity contribution in [3.05, 3.63) is 41.2 Å². The molecule has 1 aliphatic heterocycles. The van der Waals surface area contributed by atoms with E-state index in [1.807, 2.05) is 0 Å². The Morgan fingerprint density at radius 3 is 2.86 bits per heavy atom. The van der Waals surface area contributed by atoms with Crippen molar-refractivity contribution in [3.63, 3.8) is 0 Å². The first-order valence-corrected chi connectivity index (χ1v) is 10.6. The van der Waals surface area contributed by atoms with Crippen LogP contribution in [-0.2, 0) is 23.5 Å². The first kappa shape index (κ1) is 19.4. The van der Waals surface area contributed by atoms with Crippen molar-refractivity contribution in [1.29, 1.82) is 0 Å². The number of hydrogen-bond donors (Lipinski definition) is 3. The highest BCUT2D eigenvalue weighted by molar-refractivity contribution is 5.34. The van der Waals surface area contributed by atoms with Crippen LogP contribution in [-0.4, -0.2) is 51.4 Å². The minimum absolute atomic E-state index is 0.129. The fourth-order valence-corrected chi connectivity index (χ4v) is 4.56. The molecule has 7 heteroatoms. The molecule has 1 unspecified atom stereocenters. The zero-order valence-corrected chi connectivity index (χ0v) is 16.5. The number of hydrogen-bond acceptors (Lipinski definition) is 6. The number of anilines is 1. The van der Waals surface area contributed by atoms with Crippen molar-refractivity contribution in [2.24, 2.45) is 0 Å². The molecule has 1 atom stereocenters. The third-order valence-corrected chi connectivity index (χ3v) is 5.89. The number of piperidine rings is 1. The van der Waals surface area contributed by atoms with E-state index < -0.39 is 0 Å². The number of aliphatic hydroxyl groups excluding tert-OH is 1. The molecule has 2 aliphatic rings. The Balaban J connectivity index is 1.40. The number of aliphatic hydroxyl groups is 1. The molecule has 0 radical (unpaired) electrons. The van der Waals surface area contributed by atoms with E-state index in [1.54, 1.807) is 0 Å². The second-order valence-electron chi connectivity index (χ2n) is 7.74. The Bertz CT molecular complexity index is 759. The van der Waals surface area contributed by atoms with E-state index in [-0.39, 0.29) is 12.3 Å². The predicted octanol–water partition coefficient (Wildman–Crippen LogP) is 2.79. The van der Waals surface area contributed by atoms with E-state index >= 15 is 0 Å². The SMILES string of the molecule is OCc1nc(NCCCOC2(N3CCCCC3)CCCc3ccccc32)n[nH]1. The van der Waals surface area contributed by atoms with Crippen LogP contribution in [0.15, 0.2) is 24.3 Å². The van der Waals surface area contributed by atoms with Crippen molar-refractivity contribution < 1.29 is 9.84 Å². The number of likely N-dealkylation sites (tertiary alicyclic amines) is 1. The zero-order valence-electron chi connectivity index (χ0n) is 16.5. The van der Waals surface area contributed by atoms with Gasteiger partial charge < -0.3 is 15.2 Å². The Morgan fingerprint density at radius 1 is 1.18 bits per heavy atom. The molecule has 1 aliphatic carbocycles. The molecule has 4 rings (SSSR count). The smallest absolute Gasteiger partial charge is 0.242 e. The van der Waals surface area contributed by atoms with E-state index in [9.17, 15) is 0 Å². The lowest BCUT2D eigenvalue weighted by Gasteiger charge is -2.48. The van der Waals surface area contributed by atoms with Crippen LogP contribution in [0.5, 0.6) is 0 Å². The summed E-state index contributed by atoms with van der Waals surface area (Å²) < 4.78 is 6.70.